The Morgan fingerprint density at radius 2 is 2.00 bits per heavy atom. The van der Waals surface area contributed by atoms with Gasteiger partial charge in [-0.05, 0) is 49.2 Å². The second kappa shape index (κ2) is 8.85. The van der Waals surface area contributed by atoms with Gasteiger partial charge >= 0.3 is 0 Å². The molecule has 1 aliphatic rings. The van der Waals surface area contributed by atoms with Crippen LogP contribution in [0.25, 0.3) is 0 Å². The van der Waals surface area contributed by atoms with Gasteiger partial charge in [-0.3, -0.25) is 9.69 Å². The van der Waals surface area contributed by atoms with Gasteiger partial charge in [0, 0.05) is 12.3 Å². The molecular weight excluding hydrogens is 351 g/mol. The number of ether oxygens (including phenoxy) is 1. The Kier molecular flexibility index (Phi) is 6.28. The van der Waals surface area contributed by atoms with Gasteiger partial charge in [-0.25, -0.2) is 9.38 Å². The summed E-state index contributed by atoms with van der Waals surface area (Å²) in [6, 6.07) is 13.9. The fourth-order valence-electron chi connectivity index (χ4n) is 2.68. The standard InChI is InChI=1S/C20H21FN2O2S/c1-2-25-17-10-8-16(9-11-17)22-20-23(12-5-13-26-20)19(24)14-15-6-3-4-7-18(15)21/h3-4,6-11H,2,5,12-14H2,1H3. The molecule has 1 saturated heterocycles. The largest absolute Gasteiger partial charge is 0.494 e. The molecule has 0 unspecified atom stereocenters. The zero-order valence-corrected chi connectivity index (χ0v) is 15.5. The summed E-state index contributed by atoms with van der Waals surface area (Å²) in [7, 11) is 0. The van der Waals surface area contributed by atoms with Gasteiger partial charge in [-0.2, -0.15) is 0 Å². The van der Waals surface area contributed by atoms with Gasteiger partial charge in [0.1, 0.15) is 11.6 Å². The normalized spacial score (nSPS) is 15.9. The Labute approximate surface area is 157 Å². The Hall–Kier alpha value is -2.34. The van der Waals surface area contributed by atoms with Crippen LogP contribution in [0.2, 0.25) is 0 Å². The maximum atomic E-state index is 13.8. The number of carbonyl (C=O) groups is 1. The Morgan fingerprint density at radius 1 is 1.23 bits per heavy atom. The van der Waals surface area contributed by atoms with Crippen LogP contribution in [0.3, 0.4) is 0 Å². The molecule has 0 aliphatic carbocycles. The number of halogens is 1. The number of benzene rings is 2. The topological polar surface area (TPSA) is 41.9 Å². The SMILES string of the molecule is CCOc1ccc(N=C2SCCCN2C(=O)Cc2ccccc2F)cc1. The van der Waals surface area contributed by atoms with E-state index in [0.29, 0.717) is 23.9 Å². The third-order valence-electron chi connectivity index (χ3n) is 3.96. The van der Waals surface area contributed by atoms with Crippen molar-refractivity contribution < 1.29 is 13.9 Å². The van der Waals surface area contributed by atoms with Crippen molar-refractivity contribution in [2.75, 3.05) is 18.9 Å². The average molecular weight is 372 g/mol. The van der Waals surface area contributed by atoms with Gasteiger partial charge in [-0.1, -0.05) is 30.0 Å². The first-order valence-corrected chi connectivity index (χ1v) is 9.64. The molecule has 2 aromatic carbocycles. The molecule has 1 aliphatic heterocycles. The molecule has 0 N–H and O–H groups in total. The maximum absolute atomic E-state index is 13.8. The van der Waals surface area contributed by atoms with Crippen LogP contribution >= 0.6 is 11.8 Å². The van der Waals surface area contributed by atoms with Gasteiger partial charge < -0.3 is 4.74 Å². The average Bonchev–Trinajstić information content (AvgIpc) is 2.66. The number of aliphatic imine (C=N–C) groups is 1. The number of rotatable bonds is 5. The van der Waals surface area contributed by atoms with Crippen LogP contribution in [0.4, 0.5) is 10.1 Å². The number of thioether (sulfide) groups is 1. The maximum Gasteiger partial charge on any atom is 0.233 e. The molecule has 0 aromatic heterocycles. The first-order chi connectivity index (χ1) is 12.7. The predicted octanol–water partition coefficient (Wildman–Crippen LogP) is 4.42. The Balaban J connectivity index is 1.76. The van der Waals surface area contributed by atoms with Crippen molar-refractivity contribution in [2.24, 2.45) is 4.99 Å². The van der Waals surface area contributed by atoms with Crippen molar-refractivity contribution in [1.82, 2.24) is 4.90 Å². The number of amides is 1. The number of hydrogen-bond donors (Lipinski definition) is 0. The summed E-state index contributed by atoms with van der Waals surface area (Å²) in [5.41, 5.74) is 1.18. The third-order valence-corrected chi connectivity index (χ3v) is 5.02. The van der Waals surface area contributed by atoms with E-state index in [1.54, 1.807) is 34.9 Å². The molecule has 1 heterocycles. The highest BCUT2D eigenvalue weighted by Crippen LogP contribution is 2.25. The van der Waals surface area contributed by atoms with Crippen LogP contribution in [0.15, 0.2) is 53.5 Å². The molecule has 0 saturated carbocycles. The lowest BCUT2D eigenvalue weighted by molar-refractivity contribution is -0.126. The second-order valence-corrected chi connectivity index (χ2v) is 6.90. The lowest BCUT2D eigenvalue weighted by Crippen LogP contribution is -2.40. The summed E-state index contributed by atoms with van der Waals surface area (Å²) in [5, 5.41) is 0.668. The highest BCUT2D eigenvalue weighted by molar-refractivity contribution is 8.13. The first kappa shape index (κ1) is 18.5. The van der Waals surface area contributed by atoms with Crippen LogP contribution in [-0.2, 0) is 11.2 Å². The van der Waals surface area contributed by atoms with Crippen LogP contribution in [0.1, 0.15) is 18.9 Å². The van der Waals surface area contributed by atoms with Gasteiger partial charge in [0.2, 0.25) is 5.91 Å². The summed E-state index contributed by atoms with van der Waals surface area (Å²) in [6.45, 7) is 3.16. The summed E-state index contributed by atoms with van der Waals surface area (Å²) in [6.07, 6.45) is 0.936. The van der Waals surface area contributed by atoms with E-state index in [0.717, 1.165) is 23.6 Å². The van der Waals surface area contributed by atoms with E-state index in [-0.39, 0.29) is 18.1 Å². The lowest BCUT2D eigenvalue weighted by atomic mass is 10.1. The number of amidine groups is 1. The minimum atomic E-state index is -0.351. The molecule has 136 valence electrons. The fourth-order valence-corrected chi connectivity index (χ4v) is 3.65. The van der Waals surface area contributed by atoms with Gasteiger partial charge in [0.25, 0.3) is 0 Å². The smallest absolute Gasteiger partial charge is 0.233 e. The predicted molar refractivity (Wildman–Crippen MR) is 104 cm³/mol. The summed E-state index contributed by atoms with van der Waals surface area (Å²) < 4.78 is 19.3. The van der Waals surface area contributed by atoms with Crippen molar-refractivity contribution in [2.45, 2.75) is 19.8 Å². The van der Waals surface area contributed by atoms with Gasteiger partial charge in [0.15, 0.2) is 5.17 Å². The molecule has 0 bridgehead atoms. The van der Waals surface area contributed by atoms with Crippen molar-refractivity contribution in [1.29, 1.82) is 0 Å². The molecule has 0 radical (unpaired) electrons. The van der Waals surface area contributed by atoms with Crippen LogP contribution in [0, 0.1) is 5.82 Å². The second-order valence-electron chi connectivity index (χ2n) is 5.84. The monoisotopic (exact) mass is 372 g/mol. The zero-order valence-electron chi connectivity index (χ0n) is 14.7. The molecule has 26 heavy (non-hydrogen) atoms. The zero-order chi connectivity index (χ0) is 18.4. The van der Waals surface area contributed by atoms with Crippen molar-refractivity contribution in [3.8, 4) is 5.75 Å². The highest BCUT2D eigenvalue weighted by atomic mass is 32.2. The molecule has 3 rings (SSSR count). The Morgan fingerprint density at radius 3 is 2.73 bits per heavy atom. The number of carbonyl (C=O) groups excluding carboxylic acids is 1. The molecule has 1 amide bonds. The fraction of sp³-hybridized carbons (Fsp3) is 0.300. The van der Waals surface area contributed by atoms with Gasteiger partial charge in [0.05, 0.1) is 18.7 Å². The van der Waals surface area contributed by atoms with Crippen LogP contribution in [-0.4, -0.2) is 34.9 Å². The van der Waals surface area contributed by atoms with E-state index in [1.165, 1.54) is 6.07 Å². The quantitative estimate of drug-likeness (QED) is 0.780. The molecule has 0 spiro atoms. The molecule has 4 nitrogen and oxygen atoms in total. The summed E-state index contributed by atoms with van der Waals surface area (Å²) in [4.78, 5) is 19.0. The van der Waals surface area contributed by atoms with E-state index >= 15 is 0 Å². The van der Waals surface area contributed by atoms with E-state index in [1.807, 2.05) is 31.2 Å². The lowest BCUT2D eigenvalue weighted by Gasteiger charge is -2.28. The Bertz CT molecular complexity index is 793. The molecule has 0 atom stereocenters. The van der Waals surface area contributed by atoms with E-state index in [4.69, 9.17) is 4.74 Å². The highest BCUT2D eigenvalue weighted by Gasteiger charge is 2.24. The minimum Gasteiger partial charge on any atom is -0.494 e. The van der Waals surface area contributed by atoms with E-state index < -0.39 is 0 Å². The van der Waals surface area contributed by atoms with Crippen LogP contribution < -0.4 is 4.74 Å². The minimum absolute atomic E-state index is 0.0372. The van der Waals surface area contributed by atoms with E-state index in [9.17, 15) is 9.18 Å². The van der Waals surface area contributed by atoms with Crippen molar-refractivity contribution in [3.05, 3.63) is 59.9 Å². The van der Waals surface area contributed by atoms with Crippen molar-refractivity contribution >= 4 is 28.5 Å². The summed E-state index contributed by atoms with van der Waals surface area (Å²) in [5.74, 6) is 1.22. The molecule has 2 aromatic rings. The molecular formula is C20H21FN2O2S. The van der Waals surface area contributed by atoms with Crippen molar-refractivity contribution in [3.63, 3.8) is 0 Å². The molecule has 1 fully saturated rings. The van der Waals surface area contributed by atoms with Crippen LogP contribution in [0.5, 0.6) is 5.75 Å². The van der Waals surface area contributed by atoms with E-state index in [2.05, 4.69) is 4.99 Å². The molecule has 6 heteroatoms. The summed E-state index contributed by atoms with van der Waals surface area (Å²) >= 11 is 1.55. The van der Waals surface area contributed by atoms with Gasteiger partial charge in [-0.15, -0.1) is 0 Å². The number of hydrogen-bond acceptors (Lipinski definition) is 4. The first-order valence-electron chi connectivity index (χ1n) is 8.65. The third kappa shape index (κ3) is 4.64. The number of nitrogens with zero attached hydrogens (tertiary/aromatic N) is 2.